The number of nitrogens with one attached hydrogen (secondary N) is 1. The average Bonchev–Trinajstić information content (AvgIpc) is 2.58. The van der Waals surface area contributed by atoms with E-state index in [2.05, 4.69) is 47.6 Å². The van der Waals surface area contributed by atoms with Gasteiger partial charge in [0.25, 0.3) is 0 Å². The Morgan fingerprint density at radius 2 is 2.12 bits per heavy atom. The van der Waals surface area contributed by atoms with Crippen molar-refractivity contribution in [2.24, 2.45) is 0 Å². The van der Waals surface area contributed by atoms with Crippen LogP contribution >= 0.6 is 12.2 Å². The second-order valence-corrected chi connectivity index (χ2v) is 4.67. The first kappa shape index (κ1) is 13.4. The van der Waals surface area contributed by atoms with Gasteiger partial charge in [0.2, 0.25) is 0 Å². The third kappa shape index (κ3) is 2.92. The van der Waals surface area contributed by atoms with E-state index < -0.39 is 0 Å². The fourth-order valence-corrected chi connectivity index (χ4v) is 2.13. The largest absolute Gasteiger partial charge is 0.303 e. The van der Waals surface area contributed by atoms with Crippen LogP contribution in [0.3, 0.4) is 0 Å². The minimum absolute atomic E-state index is 0.338. The van der Waals surface area contributed by atoms with Crippen molar-refractivity contribution in [2.75, 3.05) is 14.1 Å². The van der Waals surface area contributed by atoms with Crippen molar-refractivity contribution in [1.82, 2.24) is 19.7 Å². The number of nitrogens with zero attached hydrogens (tertiary/aromatic N) is 3. The first-order valence-corrected chi connectivity index (χ1v) is 6.34. The molecule has 0 aliphatic heterocycles. The van der Waals surface area contributed by atoms with Crippen LogP contribution in [0.2, 0.25) is 0 Å². The van der Waals surface area contributed by atoms with Gasteiger partial charge in [-0.3, -0.25) is 10.00 Å². The number of H-pyrrole nitrogens is 1. The second-order valence-electron chi connectivity index (χ2n) is 4.28. The molecule has 0 aliphatic rings. The molecule has 1 rings (SSSR count). The van der Waals surface area contributed by atoms with Crippen LogP contribution in [0.15, 0.2) is 0 Å². The fourth-order valence-electron chi connectivity index (χ4n) is 1.90. The van der Waals surface area contributed by atoms with Gasteiger partial charge < -0.3 is 4.57 Å². The lowest BCUT2D eigenvalue weighted by molar-refractivity contribution is 0.271. The predicted molar refractivity (Wildman–Crippen MR) is 69.0 cm³/mol. The summed E-state index contributed by atoms with van der Waals surface area (Å²) < 4.78 is 2.87. The van der Waals surface area contributed by atoms with Crippen molar-refractivity contribution in [3.63, 3.8) is 0 Å². The van der Waals surface area contributed by atoms with Gasteiger partial charge >= 0.3 is 0 Å². The molecule has 1 atom stereocenters. The van der Waals surface area contributed by atoms with Crippen molar-refractivity contribution in [3.05, 3.63) is 10.6 Å². The van der Waals surface area contributed by atoms with Crippen molar-refractivity contribution in [2.45, 2.75) is 45.7 Å². The first-order chi connectivity index (χ1) is 7.61. The molecular formula is C11H22N4S. The third-order valence-electron chi connectivity index (χ3n) is 2.83. The smallest absolute Gasteiger partial charge is 0.195 e. The van der Waals surface area contributed by atoms with Gasteiger partial charge in [0.1, 0.15) is 5.82 Å². The Kier molecular flexibility index (Phi) is 5.15. The summed E-state index contributed by atoms with van der Waals surface area (Å²) in [5.41, 5.74) is 0. The zero-order chi connectivity index (χ0) is 12.1. The van der Waals surface area contributed by atoms with E-state index in [9.17, 15) is 0 Å². The van der Waals surface area contributed by atoms with Crippen LogP contribution in [0.1, 0.15) is 45.0 Å². The van der Waals surface area contributed by atoms with Gasteiger partial charge in [-0.15, -0.1) is 0 Å². The average molecular weight is 242 g/mol. The first-order valence-electron chi connectivity index (χ1n) is 5.93. The van der Waals surface area contributed by atoms with E-state index in [0.717, 1.165) is 30.0 Å². The zero-order valence-corrected chi connectivity index (χ0v) is 11.5. The Hall–Kier alpha value is -0.680. The number of unbranched alkanes of at least 4 members (excludes halogenated alkanes) is 1. The summed E-state index contributed by atoms with van der Waals surface area (Å²) in [6.45, 7) is 5.32. The van der Waals surface area contributed by atoms with Gasteiger partial charge in [0.15, 0.2) is 4.77 Å². The molecule has 1 N–H and O–H groups in total. The van der Waals surface area contributed by atoms with Crippen LogP contribution in [-0.2, 0) is 6.54 Å². The molecule has 0 amide bonds. The molecule has 1 aromatic heterocycles. The van der Waals surface area contributed by atoms with Gasteiger partial charge in [-0.25, -0.2) is 0 Å². The zero-order valence-electron chi connectivity index (χ0n) is 10.7. The Morgan fingerprint density at radius 1 is 1.44 bits per heavy atom. The van der Waals surface area contributed by atoms with Crippen molar-refractivity contribution in [1.29, 1.82) is 0 Å². The normalized spacial score (nSPS) is 13.3. The summed E-state index contributed by atoms with van der Waals surface area (Å²) in [7, 11) is 4.16. The van der Waals surface area contributed by atoms with Crippen molar-refractivity contribution in [3.8, 4) is 0 Å². The lowest BCUT2D eigenvalue weighted by Gasteiger charge is -2.22. The fraction of sp³-hybridized carbons (Fsp3) is 0.818. The minimum Gasteiger partial charge on any atom is -0.303 e. The molecule has 0 aliphatic carbocycles. The van der Waals surface area contributed by atoms with Crippen LogP contribution < -0.4 is 0 Å². The number of aromatic amines is 1. The van der Waals surface area contributed by atoms with Gasteiger partial charge in [-0.1, -0.05) is 20.3 Å². The Morgan fingerprint density at radius 3 is 2.62 bits per heavy atom. The van der Waals surface area contributed by atoms with Crippen LogP contribution in [-0.4, -0.2) is 33.8 Å². The number of hydrogen-bond donors (Lipinski definition) is 1. The molecule has 16 heavy (non-hydrogen) atoms. The molecule has 1 aromatic rings. The highest BCUT2D eigenvalue weighted by Gasteiger charge is 2.18. The number of hydrogen-bond acceptors (Lipinski definition) is 3. The predicted octanol–water partition coefficient (Wildman–Crippen LogP) is 2.75. The van der Waals surface area contributed by atoms with Gasteiger partial charge in [-0.2, -0.15) is 5.10 Å². The molecule has 0 bridgehead atoms. The lowest BCUT2D eigenvalue weighted by atomic mass is 10.2. The SMILES string of the molecule is CCCCn1c([C@@H](CC)N(C)C)n[nH]c1=S. The maximum atomic E-state index is 5.27. The molecule has 92 valence electrons. The molecule has 0 saturated carbocycles. The van der Waals surface area contributed by atoms with E-state index in [1.165, 1.54) is 6.42 Å². The Balaban J connectivity index is 2.98. The summed E-state index contributed by atoms with van der Waals surface area (Å²) in [5, 5.41) is 7.27. The molecular weight excluding hydrogens is 220 g/mol. The standard InChI is InChI=1S/C11H22N4S/c1-5-7-8-15-10(12-13-11(15)16)9(6-2)14(3)4/h9H,5-8H2,1-4H3,(H,13,16)/t9-/m1/s1. The molecule has 0 spiro atoms. The van der Waals surface area contributed by atoms with E-state index in [-0.39, 0.29) is 0 Å². The van der Waals surface area contributed by atoms with Crippen LogP contribution in [0.25, 0.3) is 0 Å². The van der Waals surface area contributed by atoms with E-state index in [1.807, 2.05) is 0 Å². The molecule has 1 heterocycles. The molecule has 4 nitrogen and oxygen atoms in total. The van der Waals surface area contributed by atoms with Gasteiger partial charge in [-0.05, 0) is 39.2 Å². The number of rotatable bonds is 6. The van der Waals surface area contributed by atoms with E-state index in [4.69, 9.17) is 12.2 Å². The molecule has 0 saturated heterocycles. The highest BCUT2D eigenvalue weighted by Crippen LogP contribution is 2.20. The van der Waals surface area contributed by atoms with Gasteiger partial charge in [0.05, 0.1) is 6.04 Å². The van der Waals surface area contributed by atoms with E-state index in [1.54, 1.807) is 0 Å². The molecule has 0 unspecified atom stereocenters. The van der Waals surface area contributed by atoms with Crippen LogP contribution in [0.5, 0.6) is 0 Å². The maximum Gasteiger partial charge on any atom is 0.195 e. The summed E-state index contributed by atoms with van der Waals surface area (Å²) in [6, 6.07) is 0.338. The summed E-state index contributed by atoms with van der Waals surface area (Å²) in [6.07, 6.45) is 3.36. The molecule has 0 fully saturated rings. The highest BCUT2D eigenvalue weighted by atomic mass is 32.1. The summed E-state index contributed by atoms with van der Waals surface area (Å²) in [4.78, 5) is 2.19. The lowest BCUT2D eigenvalue weighted by Crippen LogP contribution is -2.23. The minimum atomic E-state index is 0.338. The van der Waals surface area contributed by atoms with E-state index in [0.29, 0.717) is 6.04 Å². The van der Waals surface area contributed by atoms with E-state index >= 15 is 0 Å². The van der Waals surface area contributed by atoms with Crippen LogP contribution in [0, 0.1) is 4.77 Å². The highest BCUT2D eigenvalue weighted by molar-refractivity contribution is 7.71. The molecule has 0 aromatic carbocycles. The van der Waals surface area contributed by atoms with Crippen molar-refractivity contribution < 1.29 is 0 Å². The second kappa shape index (κ2) is 6.15. The third-order valence-corrected chi connectivity index (χ3v) is 3.14. The summed E-state index contributed by atoms with van der Waals surface area (Å²) in [5.74, 6) is 1.06. The number of aromatic nitrogens is 3. The monoisotopic (exact) mass is 242 g/mol. The molecule has 5 heteroatoms. The van der Waals surface area contributed by atoms with Crippen molar-refractivity contribution >= 4 is 12.2 Å². The maximum absolute atomic E-state index is 5.27. The molecule has 0 radical (unpaired) electrons. The quantitative estimate of drug-likeness (QED) is 0.779. The topological polar surface area (TPSA) is 36.9 Å². The Bertz CT molecular complexity index is 366. The van der Waals surface area contributed by atoms with Crippen LogP contribution in [0.4, 0.5) is 0 Å². The van der Waals surface area contributed by atoms with Gasteiger partial charge in [0, 0.05) is 6.54 Å². The summed E-state index contributed by atoms with van der Waals surface area (Å²) >= 11 is 5.27. The Labute approximate surface area is 103 Å².